The molecule has 0 radical (unpaired) electrons. The normalized spacial score (nSPS) is 11.4. The molecule has 136 valence electrons. The van der Waals surface area contributed by atoms with Crippen LogP contribution in [0.4, 0.5) is 13.2 Å². The van der Waals surface area contributed by atoms with E-state index in [4.69, 9.17) is 4.74 Å². The number of halogens is 3. The molecule has 1 heterocycles. The minimum Gasteiger partial charge on any atom is -0.496 e. The maximum Gasteiger partial charge on any atom is 0.471 e. The van der Waals surface area contributed by atoms with E-state index in [-0.39, 0.29) is 11.7 Å². The number of alkyl halides is 3. The maximum absolute atomic E-state index is 12.5. The number of hydrogen-bond donors (Lipinski definition) is 1. The van der Waals surface area contributed by atoms with Gasteiger partial charge in [-0.05, 0) is 24.5 Å². The molecule has 1 aromatic heterocycles. The van der Waals surface area contributed by atoms with Gasteiger partial charge in [0, 0.05) is 18.5 Å². The van der Waals surface area contributed by atoms with Crippen LogP contribution >= 0.6 is 0 Å². The van der Waals surface area contributed by atoms with E-state index in [2.05, 4.69) is 20.0 Å². The molecule has 1 amide bonds. The molecule has 0 fully saturated rings. The molecule has 0 spiro atoms. The van der Waals surface area contributed by atoms with Gasteiger partial charge in [-0.2, -0.15) is 18.2 Å². The number of benzene rings is 1. The molecular formula is C16H18F3N3O3. The zero-order valence-electron chi connectivity index (χ0n) is 13.8. The van der Waals surface area contributed by atoms with Gasteiger partial charge in [-0.25, -0.2) is 0 Å². The van der Waals surface area contributed by atoms with Crippen molar-refractivity contribution in [3.63, 3.8) is 0 Å². The molecule has 1 aromatic carbocycles. The van der Waals surface area contributed by atoms with E-state index in [1.165, 1.54) is 13.2 Å². The van der Waals surface area contributed by atoms with Crippen LogP contribution in [-0.2, 0) is 17.4 Å². The molecule has 2 aromatic rings. The molecule has 0 unspecified atom stereocenters. The van der Waals surface area contributed by atoms with Crippen LogP contribution in [-0.4, -0.2) is 29.7 Å². The third kappa shape index (κ3) is 4.94. The number of ether oxygens (including phenoxy) is 1. The van der Waals surface area contributed by atoms with E-state index in [0.717, 1.165) is 12.0 Å². The molecular weight excluding hydrogens is 339 g/mol. The summed E-state index contributed by atoms with van der Waals surface area (Å²) in [6, 6.07) is 4.81. The lowest BCUT2D eigenvalue weighted by molar-refractivity contribution is -0.159. The molecule has 25 heavy (non-hydrogen) atoms. The summed E-state index contributed by atoms with van der Waals surface area (Å²) in [6.07, 6.45) is -2.92. The lowest BCUT2D eigenvalue weighted by atomic mass is 10.1. The smallest absolute Gasteiger partial charge is 0.471 e. The highest BCUT2D eigenvalue weighted by atomic mass is 19.4. The topological polar surface area (TPSA) is 77.3 Å². The van der Waals surface area contributed by atoms with E-state index >= 15 is 0 Å². The van der Waals surface area contributed by atoms with Gasteiger partial charge in [0.1, 0.15) is 5.75 Å². The number of hydrogen-bond acceptors (Lipinski definition) is 5. The lowest BCUT2D eigenvalue weighted by Crippen LogP contribution is -2.25. The fraction of sp³-hybridized carbons (Fsp3) is 0.438. The number of methoxy groups -OCH3 is 1. The van der Waals surface area contributed by atoms with Crippen LogP contribution in [0.3, 0.4) is 0 Å². The Morgan fingerprint density at radius 3 is 2.72 bits per heavy atom. The van der Waals surface area contributed by atoms with E-state index < -0.39 is 12.1 Å². The summed E-state index contributed by atoms with van der Waals surface area (Å²) in [5.41, 5.74) is 1.15. The Balaban J connectivity index is 2.11. The Morgan fingerprint density at radius 1 is 1.36 bits per heavy atom. The Morgan fingerprint density at radius 2 is 2.12 bits per heavy atom. The predicted molar refractivity (Wildman–Crippen MR) is 82.9 cm³/mol. The summed E-state index contributed by atoms with van der Waals surface area (Å²) in [6.45, 7) is 2.36. The van der Waals surface area contributed by atoms with Gasteiger partial charge in [0.25, 0.3) is 0 Å². The quantitative estimate of drug-likeness (QED) is 0.823. The van der Waals surface area contributed by atoms with Crippen molar-refractivity contribution in [1.29, 1.82) is 0 Å². The maximum atomic E-state index is 12.5. The highest BCUT2D eigenvalue weighted by Gasteiger charge is 2.38. The largest absolute Gasteiger partial charge is 0.496 e. The van der Waals surface area contributed by atoms with E-state index in [9.17, 15) is 18.0 Å². The van der Waals surface area contributed by atoms with Crippen LogP contribution in [0.2, 0.25) is 0 Å². The molecule has 0 atom stereocenters. The third-order valence-electron chi connectivity index (χ3n) is 3.41. The Bertz CT molecular complexity index is 729. The van der Waals surface area contributed by atoms with Crippen molar-refractivity contribution in [2.45, 2.75) is 32.4 Å². The van der Waals surface area contributed by atoms with Gasteiger partial charge in [0.2, 0.25) is 11.7 Å². The molecule has 2 rings (SSSR count). The molecule has 0 aliphatic heterocycles. The number of amides is 1. The SMILES string of the molecule is CCCC(=O)NCCc1ccc(-c2noc(C(F)(F)F)n2)cc1OC. The molecule has 0 bridgehead atoms. The Kier molecular flexibility index (Phi) is 6.00. The van der Waals surface area contributed by atoms with E-state index in [0.29, 0.717) is 30.7 Å². The van der Waals surface area contributed by atoms with Crippen molar-refractivity contribution < 1.29 is 27.2 Å². The first-order valence-electron chi connectivity index (χ1n) is 7.70. The van der Waals surface area contributed by atoms with Crippen LogP contribution in [0.5, 0.6) is 5.75 Å². The van der Waals surface area contributed by atoms with Crippen LogP contribution in [0.25, 0.3) is 11.4 Å². The van der Waals surface area contributed by atoms with Crippen molar-refractivity contribution in [2.75, 3.05) is 13.7 Å². The first-order valence-corrected chi connectivity index (χ1v) is 7.70. The second kappa shape index (κ2) is 8.00. The van der Waals surface area contributed by atoms with Crippen molar-refractivity contribution in [2.24, 2.45) is 0 Å². The number of aromatic nitrogens is 2. The summed E-state index contributed by atoms with van der Waals surface area (Å²) in [5, 5.41) is 6.14. The van der Waals surface area contributed by atoms with Gasteiger partial charge in [-0.15, -0.1) is 0 Å². The second-order valence-electron chi connectivity index (χ2n) is 5.30. The molecule has 9 heteroatoms. The fourth-order valence-corrected chi connectivity index (χ4v) is 2.20. The molecule has 6 nitrogen and oxygen atoms in total. The molecule has 0 saturated carbocycles. The van der Waals surface area contributed by atoms with Crippen LogP contribution in [0.1, 0.15) is 31.2 Å². The minimum absolute atomic E-state index is 0.0236. The predicted octanol–water partition coefficient (Wildman–Crippen LogP) is 3.22. The number of rotatable bonds is 7. The highest BCUT2D eigenvalue weighted by Crippen LogP contribution is 2.31. The van der Waals surface area contributed by atoms with E-state index in [1.807, 2.05) is 6.92 Å². The van der Waals surface area contributed by atoms with Gasteiger partial charge in [0.15, 0.2) is 0 Å². The monoisotopic (exact) mass is 357 g/mol. The molecule has 0 aliphatic rings. The number of carbonyl (C=O) groups excluding carboxylic acids is 1. The van der Waals surface area contributed by atoms with E-state index in [1.54, 1.807) is 12.1 Å². The van der Waals surface area contributed by atoms with Gasteiger partial charge in [0.05, 0.1) is 7.11 Å². The van der Waals surface area contributed by atoms with Gasteiger partial charge in [-0.1, -0.05) is 24.2 Å². The van der Waals surface area contributed by atoms with Gasteiger partial charge >= 0.3 is 12.1 Å². The summed E-state index contributed by atoms with van der Waals surface area (Å²) in [4.78, 5) is 14.8. The van der Waals surface area contributed by atoms with Crippen molar-refractivity contribution >= 4 is 5.91 Å². The highest BCUT2D eigenvalue weighted by molar-refractivity contribution is 5.75. The number of carbonyl (C=O) groups is 1. The average Bonchev–Trinajstić information content (AvgIpc) is 3.05. The average molecular weight is 357 g/mol. The zero-order chi connectivity index (χ0) is 18.4. The summed E-state index contributed by atoms with van der Waals surface area (Å²) in [7, 11) is 1.45. The minimum atomic E-state index is -4.69. The Labute approximate surface area is 142 Å². The summed E-state index contributed by atoms with van der Waals surface area (Å²) >= 11 is 0. The number of nitrogens with one attached hydrogen (secondary N) is 1. The summed E-state index contributed by atoms with van der Waals surface area (Å²) < 4.78 is 47.1. The first-order chi connectivity index (χ1) is 11.8. The lowest BCUT2D eigenvalue weighted by Gasteiger charge is -2.10. The van der Waals surface area contributed by atoms with Crippen LogP contribution in [0, 0.1) is 0 Å². The third-order valence-corrected chi connectivity index (χ3v) is 3.41. The van der Waals surface area contributed by atoms with Gasteiger partial charge < -0.3 is 14.6 Å². The Hall–Kier alpha value is -2.58. The first kappa shape index (κ1) is 18.8. The molecule has 0 aliphatic carbocycles. The second-order valence-corrected chi connectivity index (χ2v) is 5.30. The van der Waals surface area contributed by atoms with Crippen LogP contribution < -0.4 is 10.1 Å². The van der Waals surface area contributed by atoms with Crippen molar-refractivity contribution in [3.05, 3.63) is 29.7 Å². The standard InChI is InChI=1S/C16H18F3N3O3/c1-3-4-13(23)20-8-7-10-5-6-11(9-12(10)24-2)14-21-15(25-22-14)16(17,18)19/h5-6,9H,3-4,7-8H2,1-2H3,(H,20,23). The van der Waals surface area contributed by atoms with Crippen molar-refractivity contribution in [1.82, 2.24) is 15.5 Å². The fourth-order valence-electron chi connectivity index (χ4n) is 2.20. The molecule has 1 N–H and O–H groups in total. The van der Waals surface area contributed by atoms with Crippen LogP contribution in [0.15, 0.2) is 22.7 Å². The van der Waals surface area contributed by atoms with Crippen molar-refractivity contribution in [3.8, 4) is 17.1 Å². The zero-order valence-corrected chi connectivity index (χ0v) is 13.8. The van der Waals surface area contributed by atoms with Gasteiger partial charge in [-0.3, -0.25) is 4.79 Å². The summed E-state index contributed by atoms with van der Waals surface area (Å²) in [5.74, 6) is -1.12. The molecule has 0 saturated heterocycles. The number of nitrogens with zero attached hydrogens (tertiary/aromatic N) is 2.